The van der Waals surface area contributed by atoms with Gasteiger partial charge in [-0.1, -0.05) is 41.5 Å². The third-order valence-corrected chi connectivity index (χ3v) is 2.89. The molecule has 0 spiro atoms. The van der Waals surface area contributed by atoms with E-state index in [0.717, 1.165) is 0 Å². The Hall–Kier alpha value is 0.324. The molecule has 0 fully saturated rings. The van der Waals surface area contributed by atoms with Crippen LogP contribution in [0.5, 0.6) is 0 Å². The molecule has 1 aromatic rings. The van der Waals surface area contributed by atoms with Crippen LogP contribution >= 0.6 is 0 Å². The fraction of sp³-hybridized carbons (Fsp3) is 0.538. The molecule has 0 amide bonds. The predicted molar refractivity (Wildman–Crippen MR) is 58.3 cm³/mol. The first-order chi connectivity index (χ1) is 5.95. The van der Waals surface area contributed by atoms with Gasteiger partial charge in [0.25, 0.3) is 0 Å². The average Bonchev–Trinajstić information content (AvgIpc) is 2.01. The Balaban J connectivity index is 0.00000169. The third-order valence-electron chi connectivity index (χ3n) is 2.89. The molecule has 0 saturated carbocycles. The largest absolute Gasteiger partial charge is 0.177 e. The van der Waals surface area contributed by atoms with Crippen LogP contribution in [-0.4, -0.2) is 0 Å². The summed E-state index contributed by atoms with van der Waals surface area (Å²) in [4.78, 5) is 0. The van der Waals surface area contributed by atoms with E-state index in [-0.39, 0.29) is 32.7 Å². The summed E-state index contributed by atoms with van der Waals surface area (Å²) in [5, 5.41) is 0. The average molecular weight is 264 g/mol. The molecule has 1 aromatic carbocycles. The molecule has 0 atom stereocenters. The van der Waals surface area contributed by atoms with E-state index in [1.54, 1.807) is 0 Å². The van der Waals surface area contributed by atoms with Crippen LogP contribution in [0.3, 0.4) is 0 Å². The summed E-state index contributed by atoms with van der Waals surface area (Å²) in [6, 6.07) is 3.40. The smallest absolute Gasteiger partial charge is 0 e. The van der Waals surface area contributed by atoms with E-state index in [1.807, 2.05) is 0 Å². The van der Waals surface area contributed by atoms with Gasteiger partial charge >= 0.3 is 0 Å². The quantitative estimate of drug-likeness (QED) is 0.676. The van der Waals surface area contributed by atoms with Gasteiger partial charge in [-0.05, 0) is 5.92 Å². The molecule has 0 unspecified atom stereocenters. The van der Waals surface area contributed by atoms with E-state index < -0.39 is 0 Å². The summed E-state index contributed by atoms with van der Waals surface area (Å²) in [5.41, 5.74) is 6.93. The van der Waals surface area contributed by atoms with Gasteiger partial charge in [0.2, 0.25) is 0 Å². The van der Waals surface area contributed by atoms with Gasteiger partial charge in [-0.2, -0.15) is 28.3 Å². The Morgan fingerprint density at radius 2 is 1.21 bits per heavy atom. The van der Waals surface area contributed by atoms with Crippen LogP contribution in [0.2, 0.25) is 0 Å². The van der Waals surface area contributed by atoms with E-state index in [9.17, 15) is 0 Å². The minimum absolute atomic E-state index is 0. The van der Waals surface area contributed by atoms with Crippen molar-refractivity contribution in [2.24, 2.45) is 0 Å². The normalized spacial score (nSPS) is 10.2. The van der Waals surface area contributed by atoms with Crippen LogP contribution in [0.25, 0.3) is 0 Å². The van der Waals surface area contributed by atoms with Crippen molar-refractivity contribution in [1.29, 1.82) is 0 Å². The van der Waals surface area contributed by atoms with Crippen molar-refractivity contribution in [1.82, 2.24) is 0 Å². The maximum atomic E-state index is 3.40. The molecule has 0 aliphatic rings. The van der Waals surface area contributed by atoms with Crippen LogP contribution in [0.1, 0.15) is 47.6 Å². The molecule has 0 aliphatic carbocycles. The molecule has 0 heterocycles. The van der Waals surface area contributed by atoms with Crippen LogP contribution in [0.4, 0.5) is 0 Å². The summed E-state index contributed by atoms with van der Waals surface area (Å²) < 4.78 is 0. The van der Waals surface area contributed by atoms with Gasteiger partial charge in [-0.15, -0.1) is 5.56 Å². The Morgan fingerprint density at radius 3 is 1.50 bits per heavy atom. The molecule has 14 heavy (non-hydrogen) atoms. The zero-order valence-corrected chi connectivity index (χ0v) is 13.0. The molecule has 75 valence electrons. The second kappa shape index (κ2) is 5.42. The molecular weight excluding hydrogens is 245 g/mol. The maximum absolute atomic E-state index is 3.40. The summed E-state index contributed by atoms with van der Waals surface area (Å²) in [7, 11) is 0. The fourth-order valence-electron chi connectivity index (χ4n) is 2.02. The molecule has 1 rings (SSSR count). The van der Waals surface area contributed by atoms with Crippen molar-refractivity contribution < 1.29 is 32.7 Å². The molecule has 0 aliphatic heterocycles. The Labute approximate surface area is 113 Å². The van der Waals surface area contributed by atoms with Gasteiger partial charge in [0.05, 0.1) is 0 Å². The van der Waals surface area contributed by atoms with Crippen molar-refractivity contribution >= 4 is 0 Å². The van der Waals surface area contributed by atoms with Crippen molar-refractivity contribution in [2.45, 2.75) is 47.5 Å². The first-order valence-electron chi connectivity index (χ1n) is 4.94. The van der Waals surface area contributed by atoms with Gasteiger partial charge in [0.15, 0.2) is 0 Å². The zero-order chi connectivity index (χ0) is 10.2. The van der Waals surface area contributed by atoms with Crippen LogP contribution in [0.15, 0.2) is 0 Å². The molecule has 0 bridgehead atoms. The number of rotatable bonds is 1. The van der Waals surface area contributed by atoms with Crippen molar-refractivity contribution in [3.63, 3.8) is 0 Å². The van der Waals surface area contributed by atoms with Crippen LogP contribution in [0, 0.1) is 33.8 Å². The molecule has 0 saturated heterocycles. The summed E-state index contributed by atoms with van der Waals surface area (Å²) in [6.45, 7) is 13.2. The summed E-state index contributed by atoms with van der Waals surface area (Å²) in [5.74, 6) is 0.618. The fourth-order valence-corrected chi connectivity index (χ4v) is 2.02. The second-order valence-electron chi connectivity index (χ2n) is 4.19. The summed E-state index contributed by atoms with van der Waals surface area (Å²) in [6.07, 6.45) is 0. The number of hydrogen-bond donors (Lipinski definition) is 0. The van der Waals surface area contributed by atoms with Crippen LogP contribution < -0.4 is 0 Å². The molecule has 0 aromatic heterocycles. The number of benzene rings is 1. The SMILES string of the molecule is Cc1[c-]c(C)c(C)c(C(C)C)c1C.[Y]. The molecular formula is C13H19Y-. The van der Waals surface area contributed by atoms with Gasteiger partial charge in [-0.3, -0.25) is 0 Å². The standard InChI is InChI=1S/C13H19.Y/c1-8(2)13-11(5)9(3)7-10(4)12(13)6;/h8H,1-6H3;/q-1;. The first-order valence-corrected chi connectivity index (χ1v) is 4.94. The van der Waals surface area contributed by atoms with Gasteiger partial charge in [0.1, 0.15) is 0 Å². The van der Waals surface area contributed by atoms with E-state index >= 15 is 0 Å². The Morgan fingerprint density at radius 1 is 0.857 bits per heavy atom. The Bertz CT molecular complexity index is 298. The van der Waals surface area contributed by atoms with Crippen molar-refractivity contribution in [3.8, 4) is 0 Å². The monoisotopic (exact) mass is 264 g/mol. The van der Waals surface area contributed by atoms with Gasteiger partial charge < -0.3 is 0 Å². The molecule has 1 heteroatoms. The predicted octanol–water partition coefficient (Wildman–Crippen LogP) is 3.84. The third kappa shape index (κ3) is 2.67. The van der Waals surface area contributed by atoms with Crippen LogP contribution in [-0.2, 0) is 32.7 Å². The second-order valence-corrected chi connectivity index (χ2v) is 4.19. The minimum atomic E-state index is 0. The summed E-state index contributed by atoms with van der Waals surface area (Å²) >= 11 is 0. The maximum Gasteiger partial charge on any atom is 0 e. The number of aryl methyl sites for hydroxylation is 2. The topological polar surface area (TPSA) is 0 Å². The molecule has 0 N–H and O–H groups in total. The Kier molecular flexibility index (Phi) is 5.54. The van der Waals surface area contributed by atoms with E-state index in [4.69, 9.17) is 0 Å². The molecule has 0 nitrogen and oxygen atoms in total. The van der Waals surface area contributed by atoms with Crippen molar-refractivity contribution in [2.75, 3.05) is 0 Å². The van der Waals surface area contributed by atoms with E-state index in [1.165, 1.54) is 27.8 Å². The first kappa shape index (κ1) is 14.3. The zero-order valence-electron chi connectivity index (χ0n) is 10.2. The molecule has 1 radical (unpaired) electrons. The van der Waals surface area contributed by atoms with Crippen molar-refractivity contribution in [3.05, 3.63) is 33.9 Å². The van der Waals surface area contributed by atoms with Gasteiger partial charge in [0, 0.05) is 32.7 Å². The minimum Gasteiger partial charge on any atom is -0.177 e. The van der Waals surface area contributed by atoms with E-state index in [0.29, 0.717) is 5.92 Å². The van der Waals surface area contributed by atoms with E-state index in [2.05, 4.69) is 47.6 Å². The number of hydrogen-bond acceptors (Lipinski definition) is 0. The van der Waals surface area contributed by atoms with Gasteiger partial charge in [-0.25, -0.2) is 0 Å².